The van der Waals surface area contributed by atoms with E-state index in [2.05, 4.69) is 5.32 Å². The number of aromatic hydroxyl groups is 1. The highest BCUT2D eigenvalue weighted by atomic mass is 35.5. The number of nitrogens with one attached hydrogen (secondary N) is 1. The summed E-state index contributed by atoms with van der Waals surface area (Å²) < 4.78 is 0. The van der Waals surface area contributed by atoms with Crippen LogP contribution in [-0.2, 0) is 30.4 Å². The molecular weight excluding hydrogens is 544 g/mol. The van der Waals surface area contributed by atoms with Gasteiger partial charge in [-0.25, -0.2) is 0 Å². The van der Waals surface area contributed by atoms with Gasteiger partial charge >= 0.3 is 0 Å². The van der Waals surface area contributed by atoms with Crippen LogP contribution in [0.25, 0.3) is 0 Å². The smallest absolute Gasteiger partial charge is 0.238 e. The van der Waals surface area contributed by atoms with E-state index in [-0.39, 0.29) is 35.7 Å². The molecule has 4 aliphatic rings. The number of carbonyl (C=O) groups excluding carboxylic acids is 6. The Morgan fingerprint density at radius 1 is 1.18 bits per heavy atom. The number of anilines is 1. The Hall–Kier alpha value is -3.19. The van der Waals surface area contributed by atoms with Gasteiger partial charge in [-0.2, -0.15) is 0 Å². The maximum absolute atomic E-state index is 13.9. The van der Waals surface area contributed by atoms with E-state index >= 15 is 0 Å². The summed E-state index contributed by atoms with van der Waals surface area (Å²) in [6, 6.07) is 0.275. The Balaban J connectivity index is 1.52. The second-order valence-corrected chi connectivity index (χ2v) is 11.8. The van der Waals surface area contributed by atoms with Crippen LogP contribution in [0.2, 0.25) is 5.02 Å². The molecule has 1 aromatic rings. The largest absolute Gasteiger partial charge is 0.505 e. The van der Waals surface area contributed by atoms with Gasteiger partial charge in [0.15, 0.2) is 40.4 Å². The highest BCUT2D eigenvalue weighted by Gasteiger charge is 2.69. The Labute approximate surface area is 234 Å². The number of primary amides is 1. The number of phenols is 1. The normalized spacial score (nSPS) is 32.1. The van der Waals surface area contributed by atoms with Crippen molar-refractivity contribution in [3.05, 3.63) is 22.2 Å². The van der Waals surface area contributed by atoms with Gasteiger partial charge in [0.05, 0.1) is 29.1 Å². The summed E-state index contributed by atoms with van der Waals surface area (Å²) in [5.41, 5.74) is 2.47. The van der Waals surface area contributed by atoms with Crippen molar-refractivity contribution in [2.45, 2.75) is 37.3 Å². The van der Waals surface area contributed by atoms with E-state index in [9.17, 15) is 39.0 Å². The molecule has 1 saturated heterocycles. The fraction of sp³-hybridized carbons (Fsp3) is 0.556. The first kappa shape index (κ1) is 28.3. The number of amides is 2. The zero-order chi connectivity index (χ0) is 29.3. The molecule has 6 atom stereocenters. The van der Waals surface area contributed by atoms with Crippen LogP contribution in [0, 0.1) is 23.7 Å². The second kappa shape index (κ2) is 10.0. The summed E-state index contributed by atoms with van der Waals surface area (Å²) in [5, 5.41) is 25.3. The standard InChI is InChI=1S/C27H31ClN4O8/c1-31(2)20-13-8-11-7-12-9-14(28)19(30-15(33)10-32-5-3-4-6-32)22(35)16(12)21(34)17(11)24(37)27(13,40)25(38)18(23(20)36)26(29)39/h9,11,13,17-18,20,35,40H,3-8,10H2,1-2H3,(H2,29,39)(H,30,33)/t11?,13?,17?,18?,20-,27-/m0/s1. The number of phenolic OH excluding ortho intramolecular Hbond substituents is 1. The van der Waals surface area contributed by atoms with Gasteiger partial charge in [-0.05, 0) is 70.4 Å². The highest BCUT2D eigenvalue weighted by molar-refractivity contribution is 6.35. The van der Waals surface area contributed by atoms with Crippen molar-refractivity contribution in [3.8, 4) is 5.75 Å². The first-order valence-corrected chi connectivity index (χ1v) is 13.6. The lowest BCUT2D eigenvalue weighted by atomic mass is 9.52. The number of nitrogens with zero attached hydrogens (tertiary/aromatic N) is 2. The summed E-state index contributed by atoms with van der Waals surface area (Å²) in [7, 11) is 3.04. The van der Waals surface area contributed by atoms with E-state index in [1.54, 1.807) is 0 Å². The van der Waals surface area contributed by atoms with Crippen molar-refractivity contribution >= 4 is 52.2 Å². The van der Waals surface area contributed by atoms with Gasteiger partial charge in [-0.1, -0.05) is 11.6 Å². The molecule has 5 rings (SSSR count). The molecule has 0 spiro atoms. The minimum atomic E-state index is -2.80. The van der Waals surface area contributed by atoms with Crippen LogP contribution in [0.4, 0.5) is 5.69 Å². The van der Waals surface area contributed by atoms with Crippen LogP contribution in [-0.4, -0.2) is 100 Å². The lowest BCUT2D eigenvalue weighted by molar-refractivity contribution is -0.181. The third kappa shape index (κ3) is 4.16. The van der Waals surface area contributed by atoms with Gasteiger partial charge in [0.25, 0.3) is 0 Å². The molecule has 5 N–H and O–H groups in total. The van der Waals surface area contributed by atoms with Crippen LogP contribution in [0.5, 0.6) is 5.75 Å². The zero-order valence-corrected chi connectivity index (χ0v) is 22.9. The summed E-state index contributed by atoms with van der Waals surface area (Å²) in [4.78, 5) is 82.2. The molecule has 2 saturated carbocycles. The van der Waals surface area contributed by atoms with E-state index in [4.69, 9.17) is 17.3 Å². The third-order valence-corrected chi connectivity index (χ3v) is 9.13. The molecule has 1 aliphatic heterocycles. The number of ketones is 4. The summed E-state index contributed by atoms with van der Waals surface area (Å²) in [5.74, 6) is -11.9. The number of carbonyl (C=O) groups is 6. The first-order chi connectivity index (χ1) is 18.8. The number of hydrogen-bond acceptors (Lipinski definition) is 10. The topological polar surface area (TPSA) is 187 Å². The number of aliphatic hydroxyl groups is 1. The lowest BCUT2D eigenvalue weighted by Gasteiger charge is -2.52. The quantitative estimate of drug-likeness (QED) is 0.265. The summed E-state index contributed by atoms with van der Waals surface area (Å²) in [6.45, 7) is 1.61. The van der Waals surface area contributed by atoms with E-state index in [0.29, 0.717) is 5.56 Å². The van der Waals surface area contributed by atoms with E-state index in [1.807, 2.05) is 4.90 Å². The Kier molecular flexibility index (Phi) is 7.10. The number of halogens is 1. The number of likely N-dealkylation sites (N-methyl/N-ethyl adjacent to an activating group) is 1. The summed E-state index contributed by atoms with van der Waals surface area (Å²) >= 11 is 6.41. The van der Waals surface area contributed by atoms with Crippen molar-refractivity contribution in [1.29, 1.82) is 0 Å². The van der Waals surface area contributed by atoms with Crippen LogP contribution >= 0.6 is 11.6 Å². The van der Waals surface area contributed by atoms with Gasteiger partial charge in [0.2, 0.25) is 11.8 Å². The van der Waals surface area contributed by atoms with Gasteiger partial charge in [-0.15, -0.1) is 0 Å². The molecule has 0 aromatic heterocycles. The Morgan fingerprint density at radius 3 is 2.42 bits per heavy atom. The van der Waals surface area contributed by atoms with E-state index in [1.165, 1.54) is 25.1 Å². The fourth-order valence-corrected chi connectivity index (χ4v) is 7.34. The van der Waals surface area contributed by atoms with Crippen molar-refractivity contribution in [3.63, 3.8) is 0 Å². The van der Waals surface area contributed by atoms with Crippen LogP contribution in [0.3, 0.4) is 0 Å². The molecule has 0 bridgehead atoms. The number of benzene rings is 1. The van der Waals surface area contributed by atoms with Crippen molar-refractivity contribution in [2.75, 3.05) is 39.0 Å². The molecule has 2 amide bonds. The monoisotopic (exact) mass is 574 g/mol. The van der Waals surface area contributed by atoms with Crippen LogP contribution < -0.4 is 11.1 Å². The molecule has 12 nitrogen and oxygen atoms in total. The Morgan fingerprint density at radius 2 is 1.82 bits per heavy atom. The average molecular weight is 575 g/mol. The van der Waals surface area contributed by atoms with E-state index in [0.717, 1.165) is 25.9 Å². The molecule has 1 aromatic carbocycles. The highest BCUT2D eigenvalue weighted by Crippen LogP contribution is 2.52. The van der Waals surface area contributed by atoms with Gasteiger partial charge < -0.3 is 21.3 Å². The minimum absolute atomic E-state index is 0.00871. The van der Waals surface area contributed by atoms with Gasteiger partial charge in [0.1, 0.15) is 5.69 Å². The van der Waals surface area contributed by atoms with Crippen LogP contribution in [0.1, 0.15) is 35.2 Å². The number of likely N-dealkylation sites (tertiary alicyclic amines) is 1. The summed E-state index contributed by atoms with van der Waals surface area (Å²) in [6.07, 6.45) is 1.98. The molecule has 0 radical (unpaired) electrons. The Bertz CT molecular complexity index is 1360. The second-order valence-electron chi connectivity index (χ2n) is 11.4. The number of rotatable bonds is 5. The van der Waals surface area contributed by atoms with Crippen molar-refractivity contribution in [1.82, 2.24) is 9.80 Å². The minimum Gasteiger partial charge on any atom is -0.505 e. The predicted molar refractivity (Wildman–Crippen MR) is 141 cm³/mol. The number of Topliss-reactive ketones (excluding diaryl/α,β-unsaturated/α-hetero) is 4. The molecule has 13 heteroatoms. The van der Waals surface area contributed by atoms with Gasteiger partial charge in [-0.3, -0.25) is 38.6 Å². The molecule has 1 heterocycles. The van der Waals surface area contributed by atoms with Crippen molar-refractivity contribution < 1.29 is 39.0 Å². The van der Waals surface area contributed by atoms with Crippen LogP contribution in [0.15, 0.2) is 6.07 Å². The van der Waals surface area contributed by atoms with E-state index < -0.39 is 76.0 Å². The maximum atomic E-state index is 13.9. The molecule has 214 valence electrons. The molecule has 3 aliphatic carbocycles. The molecule has 40 heavy (non-hydrogen) atoms. The average Bonchev–Trinajstić information content (AvgIpc) is 3.36. The SMILES string of the molecule is CN(C)[C@@H]1C(=O)C(C(N)=O)C(=O)[C@@]2(O)C(=O)C3C(=O)c4c(cc(Cl)c(NC(=O)CN5CCCC5)c4O)CC3CC12. The maximum Gasteiger partial charge on any atom is 0.238 e. The lowest BCUT2D eigenvalue weighted by Crippen LogP contribution is -2.74. The molecule has 4 unspecified atom stereocenters. The number of fused-ring (bicyclic) bond motifs is 3. The zero-order valence-electron chi connectivity index (χ0n) is 22.1. The van der Waals surface area contributed by atoms with Crippen molar-refractivity contribution in [2.24, 2.45) is 29.4 Å². The first-order valence-electron chi connectivity index (χ1n) is 13.2. The molecular formula is C27H31ClN4O8. The third-order valence-electron chi connectivity index (χ3n) is 8.83. The molecule has 3 fully saturated rings. The number of hydrogen-bond donors (Lipinski definition) is 4. The number of nitrogens with two attached hydrogens (primary N) is 1. The fourth-order valence-electron chi connectivity index (χ4n) is 7.07. The van der Waals surface area contributed by atoms with Gasteiger partial charge in [0, 0.05) is 5.92 Å². The predicted octanol–water partition coefficient (Wildman–Crippen LogP) is -0.445.